The fraction of sp³-hybridized carbons (Fsp3) is 0.0476. The van der Waals surface area contributed by atoms with Crippen molar-refractivity contribution in [1.29, 1.82) is 0 Å². The number of benzene rings is 1. The summed E-state index contributed by atoms with van der Waals surface area (Å²) in [5, 5.41) is 18.2. The van der Waals surface area contributed by atoms with E-state index in [2.05, 4.69) is 15.2 Å². The lowest BCUT2D eigenvalue weighted by Gasteiger charge is -2.12. The van der Waals surface area contributed by atoms with Crippen molar-refractivity contribution in [3.05, 3.63) is 89.0 Å². The number of hydrogen-bond donors (Lipinski definition) is 1. The number of rotatable bonds is 5. The third-order valence-electron chi connectivity index (χ3n) is 4.01. The van der Waals surface area contributed by atoms with Crippen molar-refractivity contribution in [3.8, 4) is 5.75 Å². The van der Waals surface area contributed by atoms with Gasteiger partial charge in [0.2, 0.25) is 0 Å². The van der Waals surface area contributed by atoms with Gasteiger partial charge in [0.15, 0.2) is 5.17 Å². The Labute approximate surface area is 171 Å². The number of phenolic OH excluding ortho intramolecular Hbond substituents is 1. The predicted octanol–water partition coefficient (Wildman–Crippen LogP) is 3.89. The number of hydrogen-bond acceptors (Lipinski definition) is 7. The number of carbonyl (C=O) groups excluding carboxylic acids is 1. The van der Waals surface area contributed by atoms with Crippen molar-refractivity contribution in [2.24, 2.45) is 10.2 Å². The van der Waals surface area contributed by atoms with Gasteiger partial charge in [0, 0.05) is 12.4 Å². The molecular formula is C21H16N4O3S. The molecule has 1 aliphatic heterocycles. The summed E-state index contributed by atoms with van der Waals surface area (Å²) >= 11 is 1.25. The lowest BCUT2D eigenvalue weighted by Crippen LogP contribution is -2.28. The Hall–Kier alpha value is -3.65. The molecular weight excluding hydrogens is 388 g/mol. The molecule has 0 spiro atoms. The Balaban J connectivity index is 1.60. The molecule has 0 aliphatic carbocycles. The van der Waals surface area contributed by atoms with Crippen LogP contribution in [0.3, 0.4) is 0 Å². The van der Waals surface area contributed by atoms with Gasteiger partial charge in [0.25, 0.3) is 5.91 Å². The molecule has 3 heterocycles. The van der Waals surface area contributed by atoms with Crippen LogP contribution in [0.2, 0.25) is 0 Å². The van der Waals surface area contributed by atoms with Gasteiger partial charge in [-0.3, -0.25) is 14.7 Å². The van der Waals surface area contributed by atoms with Crippen LogP contribution in [0.15, 0.2) is 86.7 Å². The van der Waals surface area contributed by atoms with Crippen LogP contribution in [0.4, 0.5) is 0 Å². The molecule has 8 heteroatoms. The van der Waals surface area contributed by atoms with E-state index in [0.717, 1.165) is 11.1 Å². The molecule has 0 unspecified atom stereocenters. The zero-order chi connectivity index (χ0) is 20.1. The average Bonchev–Trinajstić information content (AvgIpc) is 3.35. The molecule has 0 bridgehead atoms. The first-order valence-corrected chi connectivity index (χ1v) is 9.54. The minimum Gasteiger partial charge on any atom is -0.508 e. The van der Waals surface area contributed by atoms with Gasteiger partial charge in [-0.1, -0.05) is 6.07 Å². The van der Waals surface area contributed by atoms with Crippen molar-refractivity contribution in [2.75, 3.05) is 0 Å². The third-order valence-corrected chi connectivity index (χ3v) is 5.00. The van der Waals surface area contributed by atoms with E-state index in [4.69, 9.17) is 4.42 Å². The first-order chi connectivity index (χ1) is 14.2. The Morgan fingerprint density at radius 2 is 2.00 bits per heavy atom. The molecule has 7 nitrogen and oxygen atoms in total. The summed E-state index contributed by atoms with van der Waals surface area (Å²) in [6, 6.07) is 13.9. The summed E-state index contributed by atoms with van der Waals surface area (Å²) in [6.45, 7) is 0.261. The third kappa shape index (κ3) is 4.61. The maximum atomic E-state index is 12.9. The summed E-state index contributed by atoms with van der Waals surface area (Å²) in [4.78, 5) is 19.1. The summed E-state index contributed by atoms with van der Waals surface area (Å²) in [6.07, 6.45) is 8.28. The smallest absolute Gasteiger partial charge is 0.267 e. The monoisotopic (exact) mass is 404 g/mol. The quantitative estimate of drug-likeness (QED) is 0.396. The van der Waals surface area contributed by atoms with Crippen LogP contribution in [0.1, 0.15) is 16.9 Å². The van der Waals surface area contributed by atoms with E-state index in [0.29, 0.717) is 15.8 Å². The minimum atomic E-state index is -0.172. The number of phenols is 1. The molecule has 2 aromatic heterocycles. The molecule has 29 heavy (non-hydrogen) atoms. The second-order valence-corrected chi connectivity index (χ2v) is 7.10. The number of aromatic hydroxyl groups is 1. The van der Waals surface area contributed by atoms with Crippen LogP contribution in [0, 0.1) is 0 Å². The lowest BCUT2D eigenvalue weighted by atomic mass is 10.2. The summed E-state index contributed by atoms with van der Waals surface area (Å²) in [5.41, 5.74) is 1.61. The highest BCUT2D eigenvalue weighted by Crippen LogP contribution is 2.33. The van der Waals surface area contributed by atoms with E-state index in [1.807, 2.05) is 12.1 Å². The molecule has 1 N–H and O–H groups in total. The number of amides is 1. The van der Waals surface area contributed by atoms with Crippen molar-refractivity contribution >= 4 is 35.1 Å². The summed E-state index contributed by atoms with van der Waals surface area (Å²) in [5.74, 6) is 0.658. The first kappa shape index (κ1) is 18.7. The highest BCUT2D eigenvalue weighted by molar-refractivity contribution is 8.18. The second kappa shape index (κ2) is 8.57. The maximum absolute atomic E-state index is 12.9. The predicted molar refractivity (Wildman–Crippen MR) is 112 cm³/mol. The number of pyridine rings is 1. The Morgan fingerprint density at radius 1 is 1.14 bits per heavy atom. The topological polar surface area (TPSA) is 91.3 Å². The number of thioether (sulfide) groups is 1. The largest absolute Gasteiger partial charge is 0.508 e. The van der Waals surface area contributed by atoms with Gasteiger partial charge >= 0.3 is 0 Å². The lowest BCUT2D eigenvalue weighted by molar-refractivity contribution is -0.122. The SMILES string of the molecule is O=C1/C(=C/c2cccnc2)S/C(=N/N=C\c2ccc(O)cc2)N1Cc1ccco1. The second-order valence-electron chi connectivity index (χ2n) is 6.09. The highest BCUT2D eigenvalue weighted by atomic mass is 32.2. The molecule has 1 aliphatic rings. The highest BCUT2D eigenvalue weighted by Gasteiger charge is 2.34. The number of furan rings is 1. The number of nitrogens with zero attached hydrogens (tertiary/aromatic N) is 4. The average molecular weight is 404 g/mol. The van der Waals surface area contributed by atoms with Crippen LogP contribution >= 0.6 is 11.8 Å². The van der Waals surface area contributed by atoms with E-state index < -0.39 is 0 Å². The van der Waals surface area contributed by atoms with E-state index in [9.17, 15) is 9.90 Å². The van der Waals surface area contributed by atoms with Gasteiger partial charge in [-0.15, -0.1) is 5.10 Å². The first-order valence-electron chi connectivity index (χ1n) is 8.73. The van der Waals surface area contributed by atoms with Gasteiger partial charge in [-0.05, 0) is 71.4 Å². The molecule has 4 rings (SSSR count). The standard InChI is InChI=1S/C21H16N4O3S/c26-17-7-5-15(6-8-17)13-23-24-21-25(14-18-4-2-10-28-18)20(27)19(29-21)11-16-3-1-9-22-12-16/h1-13,26H,14H2/b19-11-,23-13-,24-21+. The van der Waals surface area contributed by atoms with Gasteiger partial charge in [0.05, 0.1) is 23.9 Å². The molecule has 3 aromatic rings. The zero-order valence-electron chi connectivity index (χ0n) is 15.2. The van der Waals surface area contributed by atoms with Crippen LogP contribution in [0.25, 0.3) is 6.08 Å². The Kier molecular flexibility index (Phi) is 5.53. The molecule has 1 fully saturated rings. The molecule has 1 aromatic carbocycles. The van der Waals surface area contributed by atoms with Crippen molar-refractivity contribution < 1.29 is 14.3 Å². The van der Waals surface area contributed by atoms with E-state index >= 15 is 0 Å². The molecule has 0 saturated carbocycles. The van der Waals surface area contributed by atoms with Crippen LogP contribution in [-0.4, -0.2) is 32.3 Å². The zero-order valence-corrected chi connectivity index (χ0v) is 16.0. The Bertz CT molecular complexity index is 1070. The van der Waals surface area contributed by atoms with Gasteiger partial charge in [-0.25, -0.2) is 0 Å². The molecule has 144 valence electrons. The molecule has 0 radical (unpaired) electrons. The number of aromatic nitrogens is 1. The van der Waals surface area contributed by atoms with E-state index in [1.54, 1.807) is 67.3 Å². The fourth-order valence-electron chi connectivity index (χ4n) is 2.60. The van der Waals surface area contributed by atoms with Crippen molar-refractivity contribution in [1.82, 2.24) is 9.88 Å². The molecule has 1 amide bonds. The normalized spacial score (nSPS) is 17.1. The van der Waals surface area contributed by atoms with Crippen LogP contribution < -0.4 is 0 Å². The molecule has 1 saturated heterocycles. The number of carbonyl (C=O) groups is 1. The van der Waals surface area contributed by atoms with Crippen LogP contribution in [0.5, 0.6) is 5.75 Å². The van der Waals surface area contributed by atoms with E-state index in [-0.39, 0.29) is 18.2 Å². The van der Waals surface area contributed by atoms with Gasteiger partial charge in [0.1, 0.15) is 11.5 Å². The minimum absolute atomic E-state index is 0.172. The van der Waals surface area contributed by atoms with E-state index in [1.165, 1.54) is 16.7 Å². The van der Waals surface area contributed by atoms with Crippen molar-refractivity contribution in [3.63, 3.8) is 0 Å². The van der Waals surface area contributed by atoms with Gasteiger partial charge in [-0.2, -0.15) is 5.10 Å². The Morgan fingerprint density at radius 3 is 2.72 bits per heavy atom. The van der Waals surface area contributed by atoms with Crippen LogP contribution in [-0.2, 0) is 11.3 Å². The van der Waals surface area contributed by atoms with Gasteiger partial charge < -0.3 is 9.52 Å². The maximum Gasteiger partial charge on any atom is 0.267 e. The van der Waals surface area contributed by atoms with Crippen molar-refractivity contribution in [2.45, 2.75) is 6.54 Å². The summed E-state index contributed by atoms with van der Waals surface area (Å²) in [7, 11) is 0. The molecule has 0 atom stereocenters. The fourth-order valence-corrected chi connectivity index (χ4v) is 3.53. The summed E-state index contributed by atoms with van der Waals surface area (Å²) < 4.78 is 5.38. The number of amidine groups is 1.